The molecule has 1 aliphatic heterocycles. The number of amides is 1. The lowest BCUT2D eigenvalue weighted by atomic mass is 9.95. The fourth-order valence-corrected chi connectivity index (χ4v) is 7.38. The number of carbonyl (C=O) groups is 1. The average Bonchev–Trinajstić information content (AvgIpc) is 3.67. The summed E-state index contributed by atoms with van der Waals surface area (Å²) in [4.78, 5) is 19.1. The van der Waals surface area contributed by atoms with E-state index in [-0.39, 0.29) is 31.5 Å². The van der Waals surface area contributed by atoms with Crippen LogP contribution in [-0.2, 0) is 13.6 Å². The van der Waals surface area contributed by atoms with Crippen LogP contribution in [0.3, 0.4) is 0 Å². The predicted octanol–water partition coefficient (Wildman–Crippen LogP) is 5.98. The van der Waals surface area contributed by atoms with E-state index < -0.39 is 23.9 Å². The highest BCUT2D eigenvalue weighted by Gasteiger charge is 2.72. The second kappa shape index (κ2) is 10.8. The second-order valence-electron chi connectivity index (χ2n) is 13.5. The van der Waals surface area contributed by atoms with E-state index in [0.29, 0.717) is 16.8 Å². The van der Waals surface area contributed by atoms with Crippen molar-refractivity contribution in [1.82, 2.24) is 39.2 Å². The number of hydrogen-bond acceptors (Lipinski definition) is 6. The summed E-state index contributed by atoms with van der Waals surface area (Å²) in [5.74, 6) is -4.12. The van der Waals surface area contributed by atoms with Crippen LogP contribution in [0.5, 0.6) is 0 Å². The first kappa shape index (κ1) is 30.4. The Morgan fingerprint density at radius 2 is 1.75 bits per heavy atom. The molecule has 48 heavy (non-hydrogen) atoms. The first-order valence-electron chi connectivity index (χ1n) is 16.2. The first-order valence-corrected chi connectivity index (χ1v) is 16.2. The lowest BCUT2D eigenvalue weighted by Crippen LogP contribution is -2.33. The number of rotatable bonds is 7. The number of fused-ring (bicyclic) bond motifs is 3. The molecule has 0 radical (unpaired) electrons. The Kier molecular flexibility index (Phi) is 6.82. The molecule has 1 amide bonds. The molecule has 2 aromatic carbocycles. The molecule has 2 fully saturated rings. The van der Waals surface area contributed by atoms with E-state index in [1.165, 1.54) is 4.90 Å². The summed E-state index contributed by atoms with van der Waals surface area (Å²) >= 11 is 0. The van der Waals surface area contributed by atoms with Crippen molar-refractivity contribution in [2.45, 2.75) is 52.2 Å². The first-order chi connectivity index (χ1) is 22.9. The zero-order chi connectivity index (χ0) is 33.6. The van der Waals surface area contributed by atoms with Gasteiger partial charge in [0.1, 0.15) is 0 Å². The van der Waals surface area contributed by atoms with Crippen LogP contribution >= 0.6 is 0 Å². The molecule has 4 aromatic heterocycles. The Morgan fingerprint density at radius 3 is 2.46 bits per heavy atom. The molecule has 2 aliphatic rings. The van der Waals surface area contributed by atoms with Crippen LogP contribution in [0.4, 0.5) is 8.78 Å². The summed E-state index contributed by atoms with van der Waals surface area (Å²) in [5, 5.41) is 27.4. The normalized spacial score (nSPS) is 19.1. The quantitative estimate of drug-likeness (QED) is 0.228. The van der Waals surface area contributed by atoms with Crippen LogP contribution in [0.1, 0.15) is 58.7 Å². The van der Waals surface area contributed by atoms with Crippen molar-refractivity contribution in [1.29, 1.82) is 0 Å². The highest BCUT2D eigenvalue weighted by molar-refractivity contribution is 5.95. The van der Waals surface area contributed by atoms with E-state index >= 15 is 0 Å². The Labute approximate surface area is 275 Å². The fraction of sp³-hybridized carbons (Fsp3) is 0.361. The Hall–Kier alpha value is -4.97. The summed E-state index contributed by atoms with van der Waals surface area (Å²) < 4.78 is 32.6. The minimum Gasteiger partial charge on any atom is -0.386 e. The molecule has 12 heteroatoms. The molecule has 10 nitrogen and oxygen atoms in total. The number of aryl methyl sites for hydroxylation is 2. The van der Waals surface area contributed by atoms with Crippen molar-refractivity contribution >= 4 is 27.8 Å². The minimum absolute atomic E-state index is 0.0895. The number of halogens is 2. The number of carbonyl (C=O) groups excluding carboxylic acids is 1. The van der Waals surface area contributed by atoms with Gasteiger partial charge in [-0.3, -0.25) is 14.2 Å². The topological polar surface area (TPSA) is 107 Å². The van der Waals surface area contributed by atoms with Gasteiger partial charge < -0.3 is 10.0 Å². The van der Waals surface area contributed by atoms with E-state index in [4.69, 9.17) is 15.2 Å². The molecule has 8 rings (SSSR count). The zero-order valence-corrected chi connectivity index (χ0v) is 27.4. The molecule has 1 saturated heterocycles. The van der Waals surface area contributed by atoms with E-state index in [0.717, 1.165) is 50.2 Å². The SMILES string of the molecule is Cc1nc2nn(C)cc2cc1-n1nc(-c2cccc3nn(C[C@H](O)c4ccc(C(=O)N5CC6C(C5)C6(F)F)cc4)cc23)c(C(C)C)c1C. The third kappa shape index (κ3) is 4.80. The van der Waals surface area contributed by atoms with Crippen molar-refractivity contribution < 1.29 is 18.7 Å². The third-order valence-electron chi connectivity index (χ3n) is 9.98. The predicted molar refractivity (Wildman–Crippen MR) is 177 cm³/mol. The van der Waals surface area contributed by atoms with E-state index in [2.05, 4.69) is 38.0 Å². The number of benzene rings is 2. The largest absolute Gasteiger partial charge is 0.386 e. The van der Waals surface area contributed by atoms with Gasteiger partial charge in [-0.1, -0.05) is 38.1 Å². The van der Waals surface area contributed by atoms with Gasteiger partial charge in [0.25, 0.3) is 11.8 Å². The molecule has 1 saturated carbocycles. The number of piperidine rings is 1. The van der Waals surface area contributed by atoms with Crippen molar-refractivity contribution in [2.75, 3.05) is 13.1 Å². The second-order valence-corrected chi connectivity index (χ2v) is 13.5. The minimum atomic E-state index is -2.63. The van der Waals surface area contributed by atoms with Crippen molar-refractivity contribution in [3.8, 4) is 16.9 Å². The van der Waals surface area contributed by atoms with Gasteiger partial charge in [-0.25, -0.2) is 18.4 Å². The molecular weight excluding hydrogens is 614 g/mol. The summed E-state index contributed by atoms with van der Waals surface area (Å²) in [7, 11) is 1.88. The van der Waals surface area contributed by atoms with Crippen LogP contribution < -0.4 is 0 Å². The van der Waals surface area contributed by atoms with Gasteiger partial charge in [0.05, 0.1) is 47.1 Å². The lowest BCUT2D eigenvalue weighted by molar-refractivity contribution is 0.0458. The van der Waals surface area contributed by atoms with E-state index in [1.807, 2.05) is 43.2 Å². The molecule has 0 spiro atoms. The van der Waals surface area contributed by atoms with Gasteiger partial charge in [-0.05, 0) is 49.6 Å². The highest BCUT2D eigenvalue weighted by atomic mass is 19.3. The molecule has 6 aromatic rings. The fourth-order valence-electron chi connectivity index (χ4n) is 7.38. The Balaban J connectivity index is 1.06. The summed E-state index contributed by atoms with van der Waals surface area (Å²) in [6.45, 7) is 8.77. The summed E-state index contributed by atoms with van der Waals surface area (Å²) in [6.07, 6.45) is 3.01. The number of hydrogen-bond donors (Lipinski definition) is 1. The third-order valence-corrected chi connectivity index (χ3v) is 9.98. The molecule has 1 aliphatic carbocycles. The number of alkyl halides is 2. The average molecular weight is 651 g/mol. The van der Waals surface area contributed by atoms with Crippen LogP contribution in [0, 0.1) is 25.7 Å². The van der Waals surface area contributed by atoms with Crippen LogP contribution in [0.15, 0.2) is 60.9 Å². The lowest BCUT2D eigenvalue weighted by Gasteiger charge is -2.20. The van der Waals surface area contributed by atoms with Crippen molar-refractivity contribution in [3.05, 3.63) is 89.0 Å². The number of aliphatic hydroxyl groups excluding tert-OH is 1. The molecule has 0 bridgehead atoms. The number of aliphatic hydroxyl groups is 1. The Bertz CT molecular complexity index is 2220. The van der Waals surface area contributed by atoms with Gasteiger partial charge in [0.2, 0.25) is 0 Å². The molecular formula is C36H36F2N8O2. The monoisotopic (exact) mass is 650 g/mol. The number of aromatic nitrogens is 7. The molecule has 246 valence electrons. The van der Waals surface area contributed by atoms with Gasteiger partial charge >= 0.3 is 0 Å². The van der Waals surface area contributed by atoms with Crippen LogP contribution in [0.2, 0.25) is 0 Å². The smallest absolute Gasteiger partial charge is 0.258 e. The van der Waals surface area contributed by atoms with Gasteiger partial charge in [-0.2, -0.15) is 15.3 Å². The van der Waals surface area contributed by atoms with Gasteiger partial charge in [0.15, 0.2) is 5.65 Å². The van der Waals surface area contributed by atoms with Crippen LogP contribution in [0.25, 0.3) is 38.9 Å². The van der Waals surface area contributed by atoms with E-state index in [1.54, 1.807) is 33.6 Å². The highest BCUT2D eigenvalue weighted by Crippen LogP contribution is 2.59. The zero-order valence-electron chi connectivity index (χ0n) is 27.4. The maximum absolute atomic E-state index is 13.6. The maximum atomic E-state index is 13.6. The molecule has 3 atom stereocenters. The molecule has 2 unspecified atom stereocenters. The Morgan fingerprint density at radius 1 is 1.02 bits per heavy atom. The standard InChI is InChI=1S/C36H36F2N8O2/c1-19(2)32-21(4)46(30-13-24-14-43(5)42-34(24)39-20(30)3)41-33(32)25-7-6-8-29-26(25)15-45(40-29)18-31(47)22-9-11-23(12-10-22)35(48)44-16-27-28(17-44)36(27,37)38/h6-15,19,27-28,31,47H,16-18H2,1-5H3/t27?,28?,31-/m0/s1. The number of likely N-dealkylation sites (tertiary alicyclic amines) is 1. The van der Waals surface area contributed by atoms with Crippen LogP contribution in [-0.4, -0.2) is 69.3 Å². The number of nitrogens with zero attached hydrogens (tertiary/aromatic N) is 8. The van der Waals surface area contributed by atoms with Gasteiger partial charge in [-0.15, -0.1) is 0 Å². The summed E-state index contributed by atoms with van der Waals surface area (Å²) in [5.41, 5.74) is 8.27. The molecule has 1 N–H and O–H groups in total. The van der Waals surface area contributed by atoms with Crippen molar-refractivity contribution in [3.63, 3.8) is 0 Å². The number of pyridine rings is 1. The van der Waals surface area contributed by atoms with Gasteiger partial charge in [0, 0.05) is 65.7 Å². The molecule has 5 heterocycles. The summed E-state index contributed by atoms with van der Waals surface area (Å²) in [6, 6.07) is 14.8. The van der Waals surface area contributed by atoms with E-state index in [9.17, 15) is 18.7 Å². The maximum Gasteiger partial charge on any atom is 0.258 e. The van der Waals surface area contributed by atoms with Crippen molar-refractivity contribution in [2.24, 2.45) is 18.9 Å².